The summed E-state index contributed by atoms with van der Waals surface area (Å²) in [5, 5.41) is 10.8. The summed E-state index contributed by atoms with van der Waals surface area (Å²) in [6.07, 6.45) is 0.0333. The molecule has 2 rings (SSSR count). The summed E-state index contributed by atoms with van der Waals surface area (Å²) in [6, 6.07) is 4.15. The van der Waals surface area contributed by atoms with Crippen molar-refractivity contribution in [2.75, 3.05) is 12.8 Å². The quantitative estimate of drug-likeness (QED) is 0.853. The predicted octanol–water partition coefficient (Wildman–Crippen LogP) is 1.58. The number of sulfonamides is 1. The average Bonchev–Trinajstić information content (AvgIpc) is 2.43. The van der Waals surface area contributed by atoms with Crippen LogP contribution in [0, 0.1) is 5.82 Å². The van der Waals surface area contributed by atoms with E-state index in [0.29, 0.717) is 5.56 Å². The van der Waals surface area contributed by atoms with Crippen molar-refractivity contribution in [1.29, 1.82) is 0 Å². The van der Waals surface area contributed by atoms with Crippen LogP contribution in [0.15, 0.2) is 29.8 Å². The van der Waals surface area contributed by atoms with Crippen LogP contribution in [0.3, 0.4) is 0 Å². The predicted molar refractivity (Wildman–Crippen MR) is 84.0 cm³/mol. The number of carbonyl (C=O) groups is 1. The monoisotopic (exact) mass is 341 g/mol. The van der Waals surface area contributed by atoms with Gasteiger partial charge in [0.15, 0.2) is 0 Å². The summed E-state index contributed by atoms with van der Waals surface area (Å²) in [6.45, 7) is 5.03. The van der Waals surface area contributed by atoms with Crippen molar-refractivity contribution in [3.8, 4) is 0 Å². The Kier molecular flexibility index (Phi) is 4.16. The number of benzene rings is 1. The summed E-state index contributed by atoms with van der Waals surface area (Å²) < 4.78 is 39.6. The summed E-state index contributed by atoms with van der Waals surface area (Å²) in [5.41, 5.74) is -0.815. The second-order valence-corrected chi connectivity index (χ2v) is 7.31. The Morgan fingerprint density at radius 3 is 2.78 bits per heavy atom. The number of rotatable bonds is 2. The molecular weight excluding hydrogens is 325 g/mol. The molecule has 124 valence electrons. The zero-order chi connectivity index (χ0) is 17.4. The molecule has 0 spiro atoms. The molecule has 23 heavy (non-hydrogen) atoms. The summed E-state index contributed by atoms with van der Waals surface area (Å²) in [4.78, 5) is 15.0. The van der Waals surface area contributed by atoms with E-state index in [1.807, 2.05) is 5.32 Å². The first kappa shape index (κ1) is 16.9. The Morgan fingerprint density at radius 2 is 2.22 bits per heavy atom. The highest BCUT2D eigenvalue weighted by Crippen LogP contribution is 2.34. The van der Waals surface area contributed by atoms with Crippen LogP contribution < -0.4 is 5.32 Å². The first-order valence-electron chi connectivity index (χ1n) is 6.58. The van der Waals surface area contributed by atoms with Gasteiger partial charge in [-0.1, -0.05) is 18.7 Å². The van der Waals surface area contributed by atoms with Crippen LogP contribution in [-0.2, 0) is 15.6 Å². The maximum Gasteiger partial charge on any atom is 0.411 e. The van der Waals surface area contributed by atoms with Gasteiger partial charge in [-0.05, 0) is 24.6 Å². The zero-order valence-corrected chi connectivity index (χ0v) is 13.4. The molecule has 1 aromatic rings. The summed E-state index contributed by atoms with van der Waals surface area (Å²) in [7, 11) is -2.68. The van der Waals surface area contributed by atoms with Crippen LogP contribution in [-0.4, -0.2) is 42.7 Å². The molecule has 1 aliphatic heterocycles. The molecule has 1 heterocycles. The Hall–Kier alpha value is -2.42. The third-order valence-electron chi connectivity index (χ3n) is 3.56. The van der Waals surface area contributed by atoms with Gasteiger partial charge in [-0.25, -0.2) is 26.9 Å². The van der Waals surface area contributed by atoms with E-state index in [1.54, 1.807) is 0 Å². The smallest absolute Gasteiger partial charge is 0.411 e. The minimum Gasteiger partial charge on any atom is -0.465 e. The number of carboxylic acid groups (broad SMARTS) is 1. The second kappa shape index (κ2) is 5.65. The standard InChI is InChI=1S/C14H16FN3O4S/c1-4-9-5-6-11(15)10(7-9)14(2)8-23(21,22)18(3)12(17-14)16-13(19)20/h4-7H,1,8H2,2-3H3,(H,16,17)(H,19,20). The molecule has 1 atom stereocenters. The second-order valence-electron chi connectivity index (χ2n) is 5.31. The van der Waals surface area contributed by atoms with Crippen molar-refractivity contribution in [3.05, 3.63) is 41.7 Å². The van der Waals surface area contributed by atoms with Crippen molar-refractivity contribution in [2.24, 2.45) is 4.99 Å². The normalized spacial score (nSPS) is 23.1. The van der Waals surface area contributed by atoms with Crippen LogP contribution in [0.2, 0.25) is 0 Å². The van der Waals surface area contributed by atoms with Gasteiger partial charge >= 0.3 is 6.09 Å². The van der Waals surface area contributed by atoms with Gasteiger partial charge in [0.1, 0.15) is 11.4 Å². The zero-order valence-electron chi connectivity index (χ0n) is 12.6. The van der Waals surface area contributed by atoms with Crippen molar-refractivity contribution in [2.45, 2.75) is 12.5 Å². The van der Waals surface area contributed by atoms with Gasteiger partial charge in [-0.3, -0.25) is 5.32 Å². The minimum absolute atomic E-state index is 0.0521. The maximum absolute atomic E-state index is 14.2. The fourth-order valence-corrected chi connectivity index (χ4v) is 3.82. The molecule has 0 radical (unpaired) electrons. The average molecular weight is 341 g/mol. The molecule has 0 saturated heterocycles. The van der Waals surface area contributed by atoms with Gasteiger partial charge in [0.05, 0.1) is 5.75 Å². The Balaban J connectivity index is 2.65. The van der Waals surface area contributed by atoms with Crippen molar-refractivity contribution in [3.63, 3.8) is 0 Å². The first-order valence-corrected chi connectivity index (χ1v) is 8.19. The molecule has 1 unspecified atom stereocenters. The minimum atomic E-state index is -3.86. The summed E-state index contributed by atoms with van der Waals surface area (Å²) in [5.74, 6) is -1.50. The third kappa shape index (κ3) is 3.19. The van der Waals surface area contributed by atoms with Crippen LogP contribution in [0.1, 0.15) is 18.1 Å². The fourth-order valence-electron chi connectivity index (χ4n) is 2.34. The number of nitrogens with zero attached hydrogens (tertiary/aromatic N) is 2. The van der Waals surface area contributed by atoms with Gasteiger partial charge in [0.25, 0.3) is 0 Å². The van der Waals surface area contributed by atoms with Crippen LogP contribution >= 0.6 is 0 Å². The van der Waals surface area contributed by atoms with Gasteiger partial charge in [-0.2, -0.15) is 0 Å². The first-order chi connectivity index (χ1) is 10.6. The molecule has 1 aliphatic rings. The van der Waals surface area contributed by atoms with E-state index in [9.17, 15) is 17.6 Å². The molecule has 1 amide bonds. The molecule has 1 aromatic carbocycles. The number of aliphatic imine (C=N–C) groups is 1. The topological polar surface area (TPSA) is 99.1 Å². The van der Waals surface area contributed by atoms with Crippen molar-refractivity contribution < 1.29 is 22.7 Å². The van der Waals surface area contributed by atoms with Crippen molar-refractivity contribution >= 4 is 28.2 Å². The molecule has 9 heteroatoms. The van der Waals surface area contributed by atoms with E-state index in [1.165, 1.54) is 38.2 Å². The van der Waals surface area contributed by atoms with Gasteiger partial charge < -0.3 is 5.11 Å². The van der Waals surface area contributed by atoms with Crippen LogP contribution in [0.25, 0.3) is 6.08 Å². The highest BCUT2D eigenvalue weighted by Gasteiger charge is 2.42. The van der Waals surface area contributed by atoms with E-state index in [4.69, 9.17) is 5.11 Å². The van der Waals surface area contributed by atoms with Crippen LogP contribution in [0.4, 0.5) is 9.18 Å². The molecule has 0 saturated carbocycles. The Labute approximate surface area is 133 Å². The lowest BCUT2D eigenvalue weighted by molar-refractivity contribution is 0.199. The van der Waals surface area contributed by atoms with Crippen LogP contribution in [0.5, 0.6) is 0 Å². The Morgan fingerprint density at radius 1 is 1.57 bits per heavy atom. The number of hydrogen-bond acceptors (Lipinski definition) is 4. The maximum atomic E-state index is 14.2. The number of hydrogen-bond donors (Lipinski definition) is 2. The van der Waals surface area contributed by atoms with E-state index >= 15 is 0 Å². The SMILES string of the molecule is C=Cc1ccc(F)c(C2(C)CS(=O)(=O)N(C)C(NC(=O)O)=N2)c1. The highest BCUT2D eigenvalue weighted by atomic mass is 32.2. The lowest BCUT2D eigenvalue weighted by Crippen LogP contribution is -2.53. The lowest BCUT2D eigenvalue weighted by atomic mass is 9.92. The van der Waals surface area contributed by atoms with Crippen molar-refractivity contribution in [1.82, 2.24) is 9.62 Å². The number of nitrogens with one attached hydrogen (secondary N) is 1. The summed E-state index contributed by atoms with van der Waals surface area (Å²) >= 11 is 0. The molecule has 0 aliphatic carbocycles. The Bertz CT molecular complexity index is 806. The highest BCUT2D eigenvalue weighted by molar-refractivity contribution is 7.89. The van der Waals surface area contributed by atoms with Gasteiger partial charge in [0, 0.05) is 12.6 Å². The van der Waals surface area contributed by atoms with E-state index in [2.05, 4.69) is 11.6 Å². The lowest BCUT2D eigenvalue weighted by Gasteiger charge is -2.35. The van der Waals surface area contributed by atoms with E-state index in [0.717, 1.165) is 4.31 Å². The molecular formula is C14H16FN3O4S. The van der Waals surface area contributed by atoms with Gasteiger partial charge in [-0.15, -0.1) is 0 Å². The molecule has 2 N–H and O–H groups in total. The molecule has 0 bridgehead atoms. The van der Waals surface area contributed by atoms with Gasteiger partial charge in [0.2, 0.25) is 16.0 Å². The molecule has 7 nitrogen and oxygen atoms in total. The number of halogens is 1. The fraction of sp³-hybridized carbons (Fsp3) is 0.286. The number of guanidine groups is 1. The largest absolute Gasteiger partial charge is 0.465 e. The van der Waals surface area contributed by atoms with E-state index in [-0.39, 0.29) is 11.5 Å². The third-order valence-corrected chi connectivity index (χ3v) is 5.49. The van der Waals surface area contributed by atoms with E-state index < -0.39 is 33.2 Å². The number of amides is 1. The molecule has 0 aromatic heterocycles. The molecule has 0 fully saturated rings.